The van der Waals surface area contributed by atoms with E-state index < -0.39 is 0 Å². The average molecular weight is 404 g/mol. The fourth-order valence-electron chi connectivity index (χ4n) is 2.39. The normalized spacial score (nSPS) is 10.3. The molecule has 1 aromatic heterocycles. The van der Waals surface area contributed by atoms with Gasteiger partial charge in [0.2, 0.25) is 5.95 Å². The molecule has 0 radical (unpaired) electrons. The molecule has 1 heterocycles. The minimum atomic E-state index is 0.353. The van der Waals surface area contributed by atoms with Gasteiger partial charge in [-0.05, 0) is 29.9 Å². The van der Waals surface area contributed by atoms with Crippen LogP contribution in [-0.2, 0) is 6.54 Å². The van der Waals surface area contributed by atoms with Crippen molar-refractivity contribution in [3.05, 3.63) is 59.4 Å². The number of methoxy groups -OCH3 is 2. The standard InChI is InChI=1S/C18H18ClN5O2S/c1-25-15-7-14(8-16(9-15)26-2)21-18(27)22-17-20-11-24(23-17)10-12-4-3-5-13(19)6-12/h3-9,11H,10H2,1-2H3,(H2,21,22,23,27). The highest BCUT2D eigenvalue weighted by Crippen LogP contribution is 2.25. The Bertz CT molecular complexity index is 925. The lowest BCUT2D eigenvalue weighted by Crippen LogP contribution is -2.20. The zero-order chi connectivity index (χ0) is 19.2. The molecule has 0 saturated heterocycles. The van der Waals surface area contributed by atoms with Gasteiger partial charge in [-0.2, -0.15) is 0 Å². The van der Waals surface area contributed by atoms with E-state index in [1.807, 2.05) is 36.4 Å². The number of halogens is 1. The minimum Gasteiger partial charge on any atom is -0.497 e. The molecule has 7 nitrogen and oxygen atoms in total. The Morgan fingerprint density at radius 2 is 1.85 bits per heavy atom. The third kappa shape index (κ3) is 5.32. The maximum Gasteiger partial charge on any atom is 0.248 e. The van der Waals surface area contributed by atoms with E-state index in [0.717, 1.165) is 11.3 Å². The average Bonchev–Trinajstić information content (AvgIpc) is 3.07. The van der Waals surface area contributed by atoms with Crippen LogP contribution in [0.4, 0.5) is 11.6 Å². The van der Waals surface area contributed by atoms with Gasteiger partial charge in [0.05, 0.1) is 20.8 Å². The Kier molecular flexibility index (Phi) is 6.10. The summed E-state index contributed by atoms with van der Waals surface area (Å²) in [6.45, 7) is 0.558. The predicted molar refractivity (Wildman–Crippen MR) is 110 cm³/mol. The van der Waals surface area contributed by atoms with E-state index in [9.17, 15) is 0 Å². The van der Waals surface area contributed by atoms with Crippen LogP contribution in [0.3, 0.4) is 0 Å². The number of ether oxygens (including phenoxy) is 2. The van der Waals surface area contributed by atoms with Crippen LogP contribution in [0.15, 0.2) is 48.8 Å². The summed E-state index contributed by atoms with van der Waals surface area (Å²) in [6, 6.07) is 13.0. The zero-order valence-corrected chi connectivity index (χ0v) is 16.3. The quantitative estimate of drug-likeness (QED) is 0.606. The highest BCUT2D eigenvalue weighted by atomic mass is 35.5. The number of benzene rings is 2. The van der Waals surface area contributed by atoms with Crippen LogP contribution in [0.1, 0.15) is 5.56 Å². The van der Waals surface area contributed by atoms with Crippen molar-refractivity contribution in [3.8, 4) is 11.5 Å². The first kappa shape index (κ1) is 18.9. The highest BCUT2D eigenvalue weighted by Gasteiger charge is 2.07. The third-order valence-corrected chi connectivity index (χ3v) is 4.04. The lowest BCUT2D eigenvalue weighted by atomic mass is 10.2. The van der Waals surface area contributed by atoms with E-state index in [0.29, 0.717) is 34.1 Å². The maximum absolute atomic E-state index is 6.00. The lowest BCUT2D eigenvalue weighted by Gasteiger charge is -2.11. The van der Waals surface area contributed by atoms with Gasteiger partial charge in [-0.15, -0.1) is 5.10 Å². The second-order valence-corrected chi connectivity index (χ2v) is 6.42. The number of hydrogen-bond donors (Lipinski definition) is 2. The summed E-state index contributed by atoms with van der Waals surface area (Å²) in [7, 11) is 3.18. The van der Waals surface area contributed by atoms with E-state index in [4.69, 9.17) is 33.3 Å². The molecule has 27 heavy (non-hydrogen) atoms. The van der Waals surface area contributed by atoms with Gasteiger partial charge in [-0.3, -0.25) is 5.32 Å². The molecule has 0 unspecified atom stereocenters. The summed E-state index contributed by atoms with van der Waals surface area (Å²) in [5, 5.41) is 11.4. The number of anilines is 2. The molecule has 2 aromatic carbocycles. The summed E-state index contributed by atoms with van der Waals surface area (Å²) in [5.74, 6) is 1.71. The molecular weight excluding hydrogens is 386 g/mol. The number of thiocarbonyl (C=S) groups is 1. The van der Waals surface area contributed by atoms with Crippen LogP contribution in [0.2, 0.25) is 5.02 Å². The molecule has 3 rings (SSSR count). The molecular formula is C18H18ClN5O2S. The van der Waals surface area contributed by atoms with Gasteiger partial charge in [0.15, 0.2) is 5.11 Å². The third-order valence-electron chi connectivity index (χ3n) is 3.60. The largest absolute Gasteiger partial charge is 0.497 e. The molecule has 3 aromatic rings. The Hall–Kier alpha value is -2.84. The van der Waals surface area contributed by atoms with Gasteiger partial charge < -0.3 is 14.8 Å². The first-order valence-corrected chi connectivity index (χ1v) is 8.79. The highest BCUT2D eigenvalue weighted by molar-refractivity contribution is 7.80. The fraction of sp³-hybridized carbons (Fsp3) is 0.167. The molecule has 2 N–H and O–H groups in total. The van der Waals surface area contributed by atoms with E-state index in [1.165, 1.54) is 0 Å². The minimum absolute atomic E-state index is 0.353. The Morgan fingerprint density at radius 3 is 2.52 bits per heavy atom. The van der Waals surface area contributed by atoms with Gasteiger partial charge in [-0.25, -0.2) is 9.67 Å². The van der Waals surface area contributed by atoms with Crippen LogP contribution in [-0.4, -0.2) is 34.1 Å². The lowest BCUT2D eigenvalue weighted by molar-refractivity contribution is 0.395. The Balaban J connectivity index is 1.62. The van der Waals surface area contributed by atoms with Crippen molar-refractivity contribution in [1.29, 1.82) is 0 Å². The number of nitrogens with one attached hydrogen (secondary N) is 2. The second-order valence-electron chi connectivity index (χ2n) is 5.58. The van der Waals surface area contributed by atoms with Crippen LogP contribution >= 0.6 is 23.8 Å². The monoisotopic (exact) mass is 403 g/mol. The summed E-state index contributed by atoms with van der Waals surface area (Å²) in [6.07, 6.45) is 1.63. The van der Waals surface area contributed by atoms with Crippen molar-refractivity contribution >= 4 is 40.6 Å². The SMILES string of the molecule is COc1cc(NC(=S)Nc2ncn(Cc3cccc(Cl)c3)n2)cc(OC)c1. The molecule has 0 saturated carbocycles. The first-order chi connectivity index (χ1) is 13.1. The Morgan fingerprint density at radius 1 is 1.11 bits per heavy atom. The van der Waals surface area contributed by atoms with Gasteiger partial charge in [0.1, 0.15) is 17.8 Å². The number of rotatable bonds is 6. The molecule has 0 aliphatic rings. The zero-order valence-electron chi connectivity index (χ0n) is 14.8. The summed E-state index contributed by atoms with van der Waals surface area (Å²) >= 11 is 11.3. The maximum atomic E-state index is 6.00. The van der Waals surface area contributed by atoms with Crippen molar-refractivity contribution in [2.75, 3.05) is 24.9 Å². The van der Waals surface area contributed by atoms with Gasteiger partial charge in [0, 0.05) is 28.9 Å². The number of hydrogen-bond acceptors (Lipinski definition) is 5. The van der Waals surface area contributed by atoms with Crippen LogP contribution in [0.25, 0.3) is 0 Å². The van der Waals surface area contributed by atoms with E-state index in [-0.39, 0.29) is 0 Å². The fourth-order valence-corrected chi connectivity index (χ4v) is 2.82. The molecule has 0 atom stereocenters. The smallest absolute Gasteiger partial charge is 0.248 e. The molecule has 9 heteroatoms. The Labute approximate surface area is 167 Å². The van der Waals surface area contributed by atoms with Crippen molar-refractivity contribution in [2.24, 2.45) is 0 Å². The topological polar surface area (TPSA) is 73.2 Å². The molecule has 140 valence electrons. The van der Waals surface area contributed by atoms with Crippen molar-refractivity contribution in [3.63, 3.8) is 0 Å². The summed E-state index contributed by atoms with van der Waals surface area (Å²) in [4.78, 5) is 4.21. The van der Waals surface area contributed by atoms with E-state index in [1.54, 1.807) is 31.3 Å². The second kappa shape index (κ2) is 8.70. The molecule has 0 fully saturated rings. The van der Waals surface area contributed by atoms with Gasteiger partial charge in [-0.1, -0.05) is 23.7 Å². The van der Waals surface area contributed by atoms with E-state index >= 15 is 0 Å². The van der Waals surface area contributed by atoms with Crippen LogP contribution in [0, 0.1) is 0 Å². The van der Waals surface area contributed by atoms with E-state index in [2.05, 4.69) is 20.7 Å². The summed E-state index contributed by atoms with van der Waals surface area (Å²) < 4.78 is 12.2. The number of nitrogens with zero attached hydrogens (tertiary/aromatic N) is 3. The molecule has 0 spiro atoms. The van der Waals surface area contributed by atoms with Crippen LogP contribution < -0.4 is 20.1 Å². The van der Waals surface area contributed by atoms with Crippen molar-refractivity contribution in [2.45, 2.75) is 6.54 Å². The molecule has 0 aliphatic carbocycles. The first-order valence-electron chi connectivity index (χ1n) is 8.00. The molecule has 0 amide bonds. The van der Waals surface area contributed by atoms with Crippen molar-refractivity contribution in [1.82, 2.24) is 14.8 Å². The molecule has 0 bridgehead atoms. The predicted octanol–water partition coefficient (Wildman–Crippen LogP) is 3.81. The van der Waals surface area contributed by atoms with Gasteiger partial charge >= 0.3 is 0 Å². The summed E-state index contributed by atoms with van der Waals surface area (Å²) in [5.41, 5.74) is 1.75. The molecule has 0 aliphatic heterocycles. The van der Waals surface area contributed by atoms with Crippen molar-refractivity contribution < 1.29 is 9.47 Å². The van der Waals surface area contributed by atoms with Gasteiger partial charge in [0.25, 0.3) is 0 Å². The van der Waals surface area contributed by atoms with Crippen LogP contribution in [0.5, 0.6) is 11.5 Å². The number of aromatic nitrogens is 3.